The number of aliphatic hydroxyl groups is 2. The van der Waals surface area contributed by atoms with Crippen LogP contribution < -0.4 is 0 Å². The van der Waals surface area contributed by atoms with E-state index in [0.717, 1.165) is 38.5 Å². The Kier molecular flexibility index (Phi) is 41.0. The van der Waals surface area contributed by atoms with E-state index in [-0.39, 0.29) is 19.4 Å². The largest absolute Gasteiger partial charge is 0.472 e. The van der Waals surface area contributed by atoms with E-state index in [1.165, 1.54) is 122 Å². The summed E-state index contributed by atoms with van der Waals surface area (Å²) in [5.41, 5.74) is 0. The number of aliphatic hydroxyl groups excluding tert-OH is 2. The fourth-order valence-electron chi connectivity index (χ4n) is 6.20. The molecule has 0 saturated heterocycles. The summed E-state index contributed by atoms with van der Waals surface area (Å²) in [5, 5.41) is 18.3. The Morgan fingerprint density at radius 1 is 0.526 bits per heavy atom. The lowest BCUT2D eigenvalue weighted by Crippen LogP contribution is -2.29. The number of hydrogen-bond acceptors (Lipinski definition) is 9. The van der Waals surface area contributed by atoms with Gasteiger partial charge in [-0.1, -0.05) is 166 Å². The van der Waals surface area contributed by atoms with Crippen molar-refractivity contribution in [3.05, 3.63) is 36.5 Å². The maximum Gasteiger partial charge on any atom is 0.472 e. The number of unbranched alkanes of at least 4 members (excludes halogenated alkanes) is 23. The van der Waals surface area contributed by atoms with Gasteiger partial charge in [-0.25, -0.2) is 4.57 Å². The van der Waals surface area contributed by atoms with Crippen LogP contribution in [0.15, 0.2) is 36.5 Å². The molecule has 1 unspecified atom stereocenters. The molecule has 0 aromatic carbocycles. The van der Waals surface area contributed by atoms with Gasteiger partial charge in [0.25, 0.3) is 0 Å². The lowest BCUT2D eigenvalue weighted by molar-refractivity contribution is -0.161. The Morgan fingerprint density at radius 3 is 1.42 bits per heavy atom. The minimum absolute atomic E-state index is 0.120. The summed E-state index contributed by atoms with van der Waals surface area (Å²) < 4.78 is 32.7. The molecular formula is C46H85O10P. The van der Waals surface area contributed by atoms with Gasteiger partial charge in [0.1, 0.15) is 12.7 Å². The number of rotatable bonds is 43. The first kappa shape index (κ1) is 55.2. The van der Waals surface area contributed by atoms with Crippen molar-refractivity contribution in [2.75, 3.05) is 26.4 Å². The summed E-state index contributed by atoms with van der Waals surface area (Å²) in [7, 11) is -4.63. The number of esters is 2. The summed E-state index contributed by atoms with van der Waals surface area (Å²) in [6.45, 7) is 2.34. The molecule has 0 amide bonds. The van der Waals surface area contributed by atoms with E-state index >= 15 is 0 Å². The molecule has 334 valence electrons. The molecule has 0 bridgehead atoms. The Hall–Kier alpha value is -1.81. The second kappa shape index (κ2) is 42.3. The summed E-state index contributed by atoms with van der Waals surface area (Å²) in [6.07, 6.45) is 44.0. The molecule has 3 N–H and O–H groups in total. The van der Waals surface area contributed by atoms with Gasteiger partial charge in [-0.2, -0.15) is 0 Å². The topological polar surface area (TPSA) is 149 Å². The molecular weight excluding hydrogens is 743 g/mol. The minimum atomic E-state index is -4.63. The van der Waals surface area contributed by atoms with Crippen molar-refractivity contribution < 1.29 is 47.8 Å². The third-order valence-corrected chi connectivity index (χ3v) is 10.7. The number of allylic oxidation sites excluding steroid dienone is 6. The van der Waals surface area contributed by atoms with Crippen molar-refractivity contribution in [3.63, 3.8) is 0 Å². The quantitative estimate of drug-likeness (QED) is 0.0235. The van der Waals surface area contributed by atoms with E-state index < -0.39 is 51.8 Å². The van der Waals surface area contributed by atoms with E-state index in [4.69, 9.17) is 19.1 Å². The fraction of sp³-hybridized carbons (Fsp3) is 0.826. The third kappa shape index (κ3) is 42.1. The van der Waals surface area contributed by atoms with Crippen LogP contribution in [0.2, 0.25) is 0 Å². The average Bonchev–Trinajstić information content (AvgIpc) is 3.20. The van der Waals surface area contributed by atoms with E-state index in [9.17, 15) is 24.2 Å². The zero-order valence-electron chi connectivity index (χ0n) is 36.3. The van der Waals surface area contributed by atoms with Gasteiger partial charge in [0, 0.05) is 12.8 Å². The molecule has 0 saturated carbocycles. The molecule has 3 atom stereocenters. The van der Waals surface area contributed by atoms with Crippen LogP contribution in [0.1, 0.15) is 206 Å². The summed E-state index contributed by atoms with van der Waals surface area (Å²) in [6, 6.07) is 0. The molecule has 10 nitrogen and oxygen atoms in total. The number of carbonyl (C=O) groups excluding carboxylic acids is 2. The van der Waals surface area contributed by atoms with Gasteiger partial charge >= 0.3 is 19.8 Å². The number of carbonyl (C=O) groups is 2. The first-order valence-electron chi connectivity index (χ1n) is 22.9. The standard InChI is InChI=1S/C46H85O10P/c1-3-5-7-9-11-13-15-17-19-21-23-25-27-29-31-33-35-37-45(49)53-41-44(42-55-57(51,52)54-40-43(48)39-47)56-46(50)38-36-34-32-30-28-26-24-22-20-18-16-14-12-10-8-6-4-2/h17,19,24,26,30,32,43-44,47-48H,3-16,18,20-23,25,27-29,31,33-42H2,1-2H3,(H,51,52)/b19-17+,26-24+,32-30+/t43-,44+/m0/s1. The maximum atomic E-state index is 12.6. The molecule has 0 aromatic heterocycles. The van der Waals surface area contributed by atoms with Crippen LogP contribution in [-0.4, -0.2) is 65.7 Å². The molecule has 11 heteroatoms. The van der Waals surface area contributed by atoms with Crippen LogP contribution >= 0.6 is 7.82 Å². The van der Waals surface area contributed by atoms with Gasteiger partial charge in [0.15, 0.2) is 6.10 Å². The van der Waals surface area contributed by atoms with E-state index in [0.29, 0.717) is 19.3 Å². The predicted octanol–water partition coefficient (Wildman–Crippen LogP) is 12.3. The van der Waals surface area contributed by atoms with Crippen molar-refractivity contribution in [3.8, 4) is 0 Å². The molecule has 0 aliphatic rings. The van der Waals surface area contributed by atoms with Crippen molar-refractivity contribution in [2.24, 2.45) is 0 Å². The zero-order valence-corrected chi connectivity index (χ0v) is 37.2. The smallest absolute Gasteiger partial charge is 0.462 e. The zero-order chi connectivity index (χ0) is 41.9. The Balaban J connectivity index is 4.32. The van der Waals surface area contributed by atoms with Gasteiger partial charge in [0.2, 0.25) is 0 Å². The molecule has 0 spiro atoms. The van der Waals surface area contributed by atoms with E-state index in [1.807, 2.05) is 6.08 Å². The van der Waals surface area contributed by atoms with E-state index in [1.54, 1.807) is 0 Å². The van der Waals surface area contributed by atoms with Crippen LogP contribution in [-0.2, 0) is 32.7 Å². The molecule has 0 aliphatic carbocycles. The van der Waals surface area contributed by atoms with Crippen LogP contribution in [0.3, 0.4) is 0 Å². The summed E-state index contributed by atoms with van der Waals surface area (Å²) in [4.78, 5) is 35.0. The summed E-state index contributed by atoms with van der Waals surface area (Å²) >= 11 is 0. The first-order chi connectivity index (χ1) is 27.7. The number of phosphoric acid groups is 1. The molecule has 0 heterocycles. The minimum Gasteiger partial charge on any atom is -0.462 e. The lowest BCUT2D eigenvalue weighted by atomic mass is 10.1. The highest BCUT2D eigenvalue weighted by molar-refractivity contribution is 7.47. The molecule has 0 aromatic rings. The summed E-state index contributed by atoms with van der Waals surface area (Å²) in [5.74, 6) is -0.979. The van der Waals surface area contributed by atoms with E-state index in [2.05, 4.69) is 48.8 Å². The highest BCUT2D eigenvalue weighted by atomic mass is 31.2. The number of ether oxygens (including phenoxy) is 2. The molecule has 57 heavy (non-hydrogen) atoms. The van der Waals surface area contributed by atoms with Crippen LogP contribution in [0.5, 0.6) is 0 Å². The normalized spacial score (nSPS) is 14.1. The van der Waals surface area contributed by atoms with Crippen molar-refractivity contribution in [2.45, 2.75) is 219 Å². The van der Waals surface area contributed by atoms with Crippen LogP contribution in [0, 0.1) is 0 Å². The second-order valence-electron chi connectivity index (χ2n) is 15.4. The molecule has 0 rings (SSSR count). The number of phosphoric ester groups is 1. The predicted molar refractivity (Wildman–Crippen MR) is 233 cm³/mol. The first-order valence-corrected chi connectivity index (χ1v) is 24.4. The SMILES string of the molecule is CCCCCCCC/C=C/CCCCCCCCCC(=O)OC[C@H](COP(=O)(O)OC[C@@H](O)CO)OC(=O)CCC/C=C/C/C=C/CCCCCCCCCCC. The maximum absolute atomic E-state index is 12.6. The van der Waals surface area contributed by atoms with Crippen molar-refractivity contribution in [1.29, 1.82) is 0 Å². The van der Waals surface area contributed by atoms with Gasteiger partial charge in [-0.05, 0) is 64.2 Å². The highest BCUT2D eigenvalue weighted by Gasteiger charge is 2.27. The highest BCUT2D eigenvalue weighted by Crippen LogP contribution is 2.43. The van der Waals surface area contributed by atoms with Gasteiger partial charge < -0.3 is 24.6 Å². The number of hydrogen-bond donors (Lipinski definition) is 3. The molecule has 0 fully saturated rings. The third-order valence-electron chi connectivity index (χ3n) is 9.77. The van der Waals surface area contributed by atoms with Gasteiger partial charge in [0.05, 0.1) is 19.8 Å². The van der Waals surface area contributed by atoms with Crippen molar-refractivity contribution >= 4 is 19.8 Å². The average molecular weight is 829 g/mol. The Bertz CT molecular complexity index is 1050. The monoisotopic (exact) mass is 829 g/mol. The van der Waals surface area contributed by atoms with Crippen LogP contribution in [0.25, 0.3) is 0 Å². The van der Waals surface area contributed by atoms with Gasteiger partial charge in [-0.3, -0.25) is 18.6 Å². The second-order valence-corrected chi connectivity index (χ2v) is 16.9. The molecule has 0 aliphatic heterocycles. The Labute approximate surface area is 348 Å². The van der Waals surface area contributed by atoms with Crippen LogP contribution in [0.4, 0.5) is 0 Å². The fourth-order valence-corrected chi connectivity index (χ4v) is 6.99. The van der Waals surface area contributed by atoms with Gasteiger partial charge in [-0.15, -0.1) is 0 Å². The lowest BCUT2D eigenvalue weighted by Gasteiger charge is -2.20. The Morgan fingerprint density at radius 2 is 0.930 bits per heavy atom. The molecule has 0 radical (unpaired) electrons. The van der Waals surface area contributed by atoms with Crippen molar-refractivity contribution in [1.82, 2.24) is 0 Å².